The summed E-state index contributed by atoms with van der Waals surface area (Å²) in [6, 6.07) is 1.15. The Kier molecular flexibility index (Phi) is 4.60. The van der Waals surface area contributed by atoms with Crippen LogP contribution in [-0.4, -0.2) is 34.7 Å². The Labute approximate surface area is 94.7 Å². The minimum atomic E-state index is -0.168. The zero-order valence-electron chi connectivity index (χ0n) is 10.9. The molecule has 1 N–H and O–H groups in total. The lowest BCUT2D eigenvalue weighted by atomic mass is 9.79. The number of piperidine rings is 1. The van der Waals surface area contributed by atoms with Crippen LogP contribution in [0.1, 0.15) is 47.5 Å². The smallest absolute Gasteiger partial charge is 0.0555 e. The van der Waals surface area contributed by atoms with Crippen LogP contribution >= 0.6 is 0 Å². The molecule has 1 aliphatic rings. The summed E-state index contributed by atoms with van der Waals surface area (Å²) in [7, 11) is 0. The van der Waals surface area contributed by atoms with Crippen molar-refractivity contribution in [2.24, 2.45) is 11.8 Å². The molecule has 1 aliphatic heterocycles. The van der Waals surface area contributed by atoms with Crippen LogP contribution in [0.2, 0.25) is 0 Å². The van der Waals surface area contributed by atoms with Crippen LogP contribution in [0, 0.1) is 11.8 Å². The summed E-state index contributed by atoms with van der Waals surface area (Å²) in [5, 5.41) is 9.87. The minimum Gasteiger partial charge on any atom is -0.393 e. The van der Waals surface area contributed by atoms with E-state index in [0.29, 0.717) is 23.9 Å². The lowest BCUT2D eigenvalue weighted by molar-refractivity contribution is -0.0211. The molecule has 0 spiro atoms. The molecule has 1 saturated heterocycles. The van der Waals surface area contributed by atoms with Gasteiger partial charge in [-0.25, -0.2) is 0 Å². The Bertz CT molecular complexity index is 173. The van der Waals surface area contributed by atoms with E-state index in [1.807, 2.05) is 6.92 Å². The molecule has 0 bridgehead atoms. The Morgan fingerprint density at radius 2 is 1.73 bits per heavy atom. The third kappa shape index (κ3) is 2.94. The molecule has 1 fully saturated rings. The van der Waals surface area contributed by atoms with Gasteiger partial charge in [0.15, 0.2) is 0 Å². The van der Waals surface area contributed by atoms with Crippen molar-refractivity contribution in [2.45, 2.75) is 65.6 Å². The maximum Gasteiger partial charge on any atom is 0.0555 e. The van der Waals surface area contributed by atoms with E-state index >= 15 is 0 Å². The van der Waals surface area contributed by atoms with E-state index in [1.54, 1.807) is 0 Å². The van der Waals surface area contributed by atoms with Crippen molar-refractivity contribution in [3.05, 3.63) is 0 Å². The Morgan fingerprint density at radius 1 is 1.13 bits per heavy atom. The van der Waals surface area contributed by atoms with Crippen molar-refractivity contribution < 1.29 is 5.11 Å². The topological polar surface area (TPSA) is 23.5 Å². The molecule has 0 aliphatic carbocycles. The van der Waals surface area contributed by atoms with Gasteiger partial charge in [-0.05, 0) is 46.1 Å². The van der Waals surface area contributed by atoms with Crippen LogP contribution in [-0.2, 0) is 0 Å². The number of hydrogen-bond acceptors (Lipinski definition) is 2. The molecule has 2 heteroatoms. The van der Waals surface area contributed by atoms with E-state index in [1.165, 1.54) is 19.4 Å². The number of aliphatic hydroxyl groups excluding tert-OH is 1. The van der Waals surface area contributed by atoms with Gasteiger partial charge in [-0.1, -0.05) is 13.8 Å². The average Bonchev–Trinajstić information content (AvgIpc) is 2.16. The first kappa shape index (κ1) is 13.0. The average molecular weight is 213 g/mol. The van der Waals surface area contributed by atoms with Crippen molar-refractivity contribution in [3.8, 4) is 0 Å². The van der Waals surface area contributed by atoms with Crippen molar-refractivity contribution in [1.29, 1.82) is 0 Å². The summed E-state index contributed by atoms with van der Waals surface area (Å²) in [4.78, 5) is 2.57. The molecule has 1 rings (SSSR count). The molecule has 0 aromatic rings. The van der Waals surface area contributed by atoms with Gasteiger partial charge in [0.2, 0.25) is 0 Å². The summed E-state index contributed by atoms with van der Waals surface area (Å²) in [6.45, 7) is 12.2. The highest BCUT2D eigenvalue weighted by Gasteiger charge is 2.36. The predicted octanol–water partition coefficient (Wildman–Crippen LogP) is 2.51. The fourth-order valence-electron chi connectivity index (χ4n) is 3.08. The van der Waals surface area contributed by atoms with Gasteiger partial charge in [-0.15, -0.1) is 0 Å². The summed E-state index contributed by atoms with van der Waals surface area (Å²) in [5.74, 6) is 1.09. The van der Waals surface area contributed by atoms with Crippen molar-refractivity contribution in [1.82, 2.24) is 4.90 Å². The van der Waals surface area contributed by atoms with Crippen molar-refractivity contribution in [2.75, 3.05) is 6.54 Å². The van der Waals surface area contributed by atoms with E-state index in [2.05, 4.69) is 32.6 Å². The highest BCUT2D eigenvalue weighted by atomic mass is 16.3. The van der Waals surface area contributed by atoms with Gasteiger partial charge in [-0.2, -0.15) is 0 Å². The maximum atomic E-state index is 9.87. The first-order valence-corrected chi connectivity index (χ1v) is 6.39. The monoisotopic (exact) mass is 213 g/mol. The van der Waals surface area contributed by atoms with E-state index < -0.39 is 0 Å². The molecule has 0 aromatic heterocycles. The molecule has 0 amide bonds. The minimum absolute atomic E-state index is 0.168. The fourth-order valence-corrected chi connectivity index (χ4v) is 3.08. The molecular formula is C13H27NO. The number of hydrogen-bond donors (Lipinski definition) is 1. The summed E-state index contributed by atoms with van der Waals surface area (Å²) >= 11 is 0. The second-order valence-electron chi connectivity index (χ2n) is 5.61. The van der Waals surface area contributed by atoms with Crippen molar-refractivity contribution in [3.63, 3.8) is 0 Å². The van der Waals surface area contributed by atoms with E-state index in [-0.39, 0.29) is 6.10 Å². The summed E-state index contributed by atoms with van der Waals surface area (Å²) in [5.41, 5.74) is 0. The number of rotatable bonds is 3. The van der Waals surface area contributed by atoms with Crippen LogP contribution < -0.4 is 0 Å². The molecule has 3 atom stereocenters. The number of aliphatic hydroxyl groups is 1. The van der Waals surface area contributed by atoms with E-state index in [4.69, 9.17) is 0 Å². The standard InChI is InChI=1S/C13H27NO/c1-9(2)13-12(11(5)15)7-6-8-14(13)10(3)4/h9-13,15H,6-8H2,1-5H3. The highest BCUT2D eigenvalue weighted by Crippen LogP contribution is 2.32. The third-order valence-electron chi connectivity index (χ3n) is 3.74. The first-order chi connectivity index (χ1) is 6.95. The van der Waals surface area contributed by atoms with Crippen LogP contribution in [0.15, 0.2) is 0 Å². The number of likely N-dealkylation sites (tertiary alicyclic amines) is 1. The summed E-state index contributed by atoms with van der Waals surface area (Å²) in [6.07, 6.45) is 2.25. The lowest BCUT2D eigenvalue weighted by Crippen LogP contribution is -2.53. The molecule has 0 radical (unpaired) electrons. The second kappa shape index (κ2) is 5.31. The second-order valence-corrected chi connectivity index (χ2v) is 5.61. The van der Waals surface area contributed by atoms with Crippen LogP contribution in [0.4, 0.5) is 0 Å². The molecule has 15 heavy (non-hydrogen) atoms. The Balaban J connectivity index is 2.80. The van der Waals surface area contributed by atoms with Gasteiger partial charge in [0, 0.05) is 18.0 Å². The molecule has 0 saturated carbocycles. The molecule has 2 nitrogen and oxygen atoms in total. The van der Waals surface area contributed by atoms with E-state index in [0.717, 1.165) is 0 Å². The zero-order chi connectivity index (χ0) is 11.6. The molecule has 1 heterocycles. The van der Waals surface area contributed by atoms with Gasteiger partial charge in [-0.3, -0.25) is 4.90 Å². The van der Waals surface area contributed by atoms with Gasteiger partial charge in [0.05, 0.1) is 6.10 Å². The molecule has 3 unspecified atom stereocenters. The largest absolute Gasteiger partial charge is 0.393 e. The quantitative estimate of drug-likeness (QED) is 0.778. The molecule has 90 valence electrons. The maximum absolute atomic E-state index is 9.87. The van der Waals surface area contributed by atoms with Crippen LogP contribution in [0.25, 0.3) is 0 Å². The van der Waals surface area contributed by atoms with Gasteiger partial charge < -0.3 is 5.11 Å². The summed E-state index contributed by atoms with van der Waals surface area (Å²) < 4.78 is 0. The fraction of sp³-hybridized carbons (Fsp3) is 1.00. The Morgan fingerprint density at radius 3 is 2.13 bits per heavy atom. The van der Waals surface area contributed by atoms with Crippen molar-refractivity contribution >= 4 is 0 Å². The predicted molar refractivity (Wildman–Crippen MR) is 64.9 cm³/mol. The van der Waals surface area contributed by atoms with Crippen LogP contribution in [0.3, 0.4) is 0 Å². The zero-order valence-corrected chi connectivity index (χ0v) is 10.9. The van der Waals surface area contributed by atoms with Crippen LogP contribution in [0.5, 0.6) is 0 Å². The number of nitrogens with zero attached hydrogens (tertiary/aromatic N) is 1. The highest BCUT2D eigenvalue weighted by molar-refractivity contribution is 4.90. The lowest BCUT2D eigenvalue weighted by Gasteiger charge is -2.47. The molecule has 0 aromatic carbocycles. The van der Waals surface area contributed by atoms with Gasteiger partial charge in [0.1, 0.15) is 0 Å². The third-order valence-corrected chi connectivity index (χ3v) is 3.74. The normalized spacial score (nSPS) is 31.2. The Hall–Kier alpha value is -0.0800. The van der Waals surface area contributed by atoms with Gasteiger partial charge >= 0.3 is 0 Å². The SMILES string of the molecule is CC(C)C1C(C(C)O)CCCN1C(C)C. The first-order valence-electron chi connectivity index (χ1n) is 6.39. The van der Waals surface area contributed by atoms with Gasteiger partial charge in [0.25, 0.3) is 0 Å². The van der Waals surface area contributed by atoms with E-state index in [9.17, 15) is 5.11 Å². The molecular weight excluding hydrogens is 186 g/mol.